The van der Waals surface area contributed by atoms with E-state index in [1.54, 1.807) is 0 Å². The minimum atomic E-state index is 0.334. The van der Waals surface area contributed by atoms with Crippen molar-refractivity contribution < 1.29 is 4.74 Å². The summed E-state index contributed by atoms with van der Waals surface area (Å²) in [4.78, 5) is 14.8. The predicted molar refractivity (Wildman–Crippen MR) is 78.7 cm³/mol. The van der Waals surface area contributed by atoms with Gasteiger partial charge in [0.05, 0.1) is 6.61 Å². The monoisotopic (exact) mass is 280 g/mol. The summed E-state index contributed by atoms with van der Waals surface area (Å²) in [6.07, 6.45) is 5.06. The molecule has 0 spiro atoms. The zero-order valence-corrected chi connectivity index (χ0v) is 12.3. The van der Waals surface area contributed by atoms with Crippen LogP contribution in [0.15, 0.2) is 0 Å². The number of nitrogens with zero attached hydrogens (tertiary/aromatic N) is 4. The van der Waals surface area contributed by atoms with Gasteiger partial charge in [0.1, 0.15) is 0 Å². The van der Waals surface area contributed by atoms with Gasteiger partial charge in [-0.15, -0.1) is 0 Å². The lowest BCUT2D eigenvalue weighted by molar-refractivity contribution is 0.212. The first-order valence-electron chi connectivity index (χ1n) is 7.37. The highest BCUT2D eigenvalue weighted by Gasteiger charge is 2.17. The summed E-state index contributed by atoms with van der Waals surface area (Å²) < 4.78 is 5.65. The molecule has 1 fully saturated rings. The van der Waals surface area contributed by atoms with Gasteiger partial charge in [-0.2, -0.15) is 15.0 Å². The van der Waals surface area contributed by atoms with Crippen molar-refractivity contribution in [1.29, 1.82) is 0 Å². The molecule has 1 saturated carbocycles. The van der Waals surface area contributed by atoms with Crippen molar-refractivity contribution >= 4 is 11.9 Å². The van der Waals surface area contributed by atoms with Gasteiger partial charge in [0, 0.05) is 13.1 Å². The molecular weight excluding hydrogens is 256 g/mol. The summed E-state index contributed by atoms with van der Waals surface area (Å²) >= 11 is 0. The van der Waals surface area contributed by atoms with Crippen molar-refractivity contribution in [2.45, 2.75) is 39.5 Å². The molecular formula is C13H24N6O. The fraction of sp³-hybridized carbons (Fsp3) is 0.769. The molecule has 2 rings (SSSR count). The van der Waals surface area contributed by atoms with E-state index in [4.69, 9.17) is 10.6 Å². The molecule has 7 nitrogen and oxygen atoms in total. The molecule has 0 radical (unpaired) electrons. The molecule has 3 N–H and O–H groups in total. The Balaban J connectivity index is 2.00. The summed E-state index contributed by atoms with van der Waals surface area (Å²) in [5.74, 6) is 7.14. The highest BCUT2D eigenvalue weighted by Crippen LogP contribution is 2.29. The van der Waals surface area contributed by atoms with Crippen molar-refractivity contribution in [3.63, 3.8) is 0 Å². The van der Waals surface area contributed by atoms with E-state index in [-0.39, 0.29) is 0 Å². The molecule has 0 unspecified atom stereocenters. The van der Waals surface area contributed by atoms with Gasteiger partial charge >= 0.3 is 6.01 Å². The maximum Gasteiger partial charge on any atom is 0.323 e. The summed E-state index contributed by atoms with van der Waals surface area (Å²) in [6.45, 7) is 6.41. The molecule has 1 aromatic rings. The first-order chi connectivity index (χ1) is 9.76. The summed E-state index contributed by atoms with van der Waals surface area (Å²) in [7, 11) is 0. The summed E-state index contributed by atoms with van der Waals surface area (Å²) in [5, 5.41) is 0. The van der Waals surface area contributed by atoms with Gasteiger partial charge in [0.15, 0.2) is 0 Å². The van der Waals surface area contributed by atoms with E-state index in [9.17, 15) is 0 Å². The van der Waals surface area contributed by atoms with Crippen LogP contribution in [0.25, 0.3) is 0 Å². The lowest BCUT2D eigenvalue weighted by Gasteiger charge is -2.24. The second kappa shape index (κ2) is 7.23. The van der Waals surface area contributed by atoms with Gasteiger partial charge in [-0.3, -0.25) is 5.43 Å². The molecule has 0 amide bonds. The van der Waals surface area contributed by atoms with E-state index in [1.165, 1.54) is 19.3 Å². The zero-order valence-electron chi connectivity index (χ0n) is 12.3. The lowest BCUT2D eigenvalue weighted by atomic mass is 9.83. The maximum atomic E-state index is 5.65. The SMILES string of the molecule is CCN(CC)c1nc(NN)nc(OCCC2CCC2)n1. The molecule has 1 heterocycles. The smallest absolute Gasteiger partial charge is 0.323 e. The van der Waals surface area contributed by atoms with E-state index >= 15 is 0 Å². The van der Waals surface area contributed by atoms with Gasteiger partial charge in [-0.1, -0.05) is 19.3 Å². The third-order valence-corrected chi connectivity index (χ3v) is 3.76. The van der Waals surface area contributed by atoms with Crippen LogP contribution in [0.2, 0.25) is 0 Å². The Morgan fingerprint density at radius 2 is 2.00 bits per heavy atom. The highest BCUT2D eigenvalue weighted by molar-refractivity contribution is 5.37. The van der Waals surface area contributed by atoms with E-state index in [1.807, 2.05) is 4.90 Å². The number of ether oxygens (including phenoxy) is 1. The molecule has 1 aliphatic rings. The Hall–Kier alpha value is -1.63. The van der Waals surface area contributed by atoms with Gasteiger partial charge in [-0.05, 0) is 26.2 Å². The number of hydrogen-bond acceptors (Lipinski definition) is 7. The number of nitrogens with one attached hydrogen (secondary N) is 1. The third-order valence-electron chi connectivity index (χ3n) is 3.76. The van der Waals surface area contributed by atoms with Crippen molar-refractivity contribution in [2.24, 2.45) is 11.8 Å². The van der Waals surface area contributed by atoms with Crippen LogP contribution in [0.1, 0.15) is 39.5 Å². The average Bonchev–Trinajstić information content (AvgIpc) is 2.42. The number of nitrogen functional groups attached to an aromatic ring is 1. The van der Waals surface area contributed by atoms with E-state index < -0.39 is 0 Å². The van der Waals surface area contributed by atoms with Gasteiger partial charge < -0.3 is 9.64 Å². The molecule has 0 aliphatic heterocycles. The first-order valence-corrected chi connectivity index (χ1v) is 7.37. The molecule has 0 atom stereocenters. The van der Waals surface area contributed by atoms with Gasteiger partial charge in [0.25, 0.3) is 0 Å². The minimum Gasteiger partial charge on any atom is -0.463 e. The number of nitrogens with two attached hydrogens (primary N) is 1. The molecule has 0 aromatic carbocycles. The van der Waals surface area contributed by atoms with Crippen LogP contribution < -0.4 is 20.9 Å². The van der Waals surface area contributed by atoms with Crippen molar-refractivity contribution in [3.05, 3.63) is 0 Å². The second-order valence-corrected chi connectivity index (χ2v) is 4.99. The van der Waals surface area contributed by atoms with Crippen LogP contribution in [-0.4, -0.2) is 34.6 Å². The lowest BCUT2D eigenvalue weighted by Crippen LogP contribution is -2.26. The van der Waals surface area contributed by atoms with Gasteiger partial charge in [-0.25, -0.2) is 5.84 Å². The maximum absolute atomic E-state index is 5.65. The number of aromatic nitrogens is 3. The largest absolute Gasteiger partial charge is 0.463 e. The second-order valence-electron chi connectivity index (χ2n) is 4.99. The first kappa shape index (κ1) is 14.8. The fourth-order valence-electron chi connectivity index (χ4n) is 2.22. The topological polar surface area (TPSA) is 89.2 Å². The standard InChI is InChI=1S/C13H24N6O/c1-3-19(4-2)12-15-11(18-14)16-13(17-12)20-9-8-10-6-5-7-10/h10H,3-9,14H2,1-2H3,(H,15,16,17,18). The Morgan fingerprint density at radius 1 is 1.25 bits per heavy atom. The summed E-state index contributed by atoms with van der Waals surface area (Å²) in [6, 6.07) is 0.342. The van der Waals surface area contributed by atoms with Crippen LogP contribution in [0, 0.1) is 5.92 Å². The van der Waals surface area contributed by atoms with Crippen LogP contribution >= 0.6 is 0 Å². The quantitative estimate of drug-likeness (QED) is 0.552. The fourth-order valence-corrected chi connectivity index (χ4v) is 2.22. The predicted octanol–water partition coefficient (Wildman–Crippen LogP) is 1.57. The number of rotatable bonds is 8. The Labute approximate surface area is 119 Å². The van der Waals surface area contributed by atoms with Crippen LogP contribution in [-0.2, 0) is 0 Å². The Kier molecular flexibility index (Phi) is 5.34. The molecule has 112 valence electrons. The van der Waals surface area contributed by atoms with Crippen LogP contribution in [0.4, 0.5) is 11.9 Å². The van der Waals surface area contributed by atoms with Crippen molar-refractivity contribution in [1.82, 2.24) is 15.0 Å². The molecule has 1 aromatic heterocycles. The Bertz CT molecular complexity index is 419. The van der Waals surface area contributed by atoms with Crippen molar-refractivity contribution in [2.75, 3.05) is 30.0 Å². The molecule has 0 bridgehead atoms. The number of hydrogen-bond donors (Lipinski definition) is 2. The third kappa shape index (κ3) is 3.69. The summed E-state index contributed by atoms with van der Waals surface area (Å²) in [5.41, 5.74) is 2.46. The number of anilines is 2. The average molecular weight is 280 g/mol. The van der Waals surface area contributed by atoms with Crippen LogP contribution in [0.5, 0.6) is 6.01 Å². The normalized spacial score (nSPS) is 14.8. The van der Waals surface area contributed by atoms with Gasteiger partial charge in [0.2, 0.25) is 11.9 Å². The zero-order chi connectivity index (χ0) is 14.4. The Morgan fingerprint density at radius 3 is 2.55 bits per heavy atom. The van der Waals surface area contributed by atoms with E-state index in [0.717, 1.165) is 25.4 Å². The molecule has 7 heteroatoms. The molecule has 0 saturated heterocycles. The number of hydrazine groups is 1. The molecule has 20 heavy (non-hydrogen) atoms. The molecule has 1 aliphatic carbocycles. The minimum absolute atomic E-state index is 0.334. The van der Waals surface area contributed by atoms with E-state index in [0.29, 0.717) is 24.5 Å². The van der Waals surface area contributed by atoms with E-state index in [2.05, 4.69) is 34.2 Å². The van der Waals surface area contributed by atoms with Crippen molar-refractivity contribution in [3.8, 4) is 6.01 Å². The highest BCUT2D eigenvalue weighted by atomic mass is 16.5. The van der Waals surface area contributed by atoms with Crippen LogP contribution in [0.3, 0.4) is 0 Å².